The van der Waals surface area contributed by atoms with Crippen LogP contribution in [0.2, 0.25) is 0 Å². The van der Waals surface area contributed by atoms with Crippen molar-refractivity contribution in [3.8, 4) is 0 Å². The van der Waals surface area contributed by atoms with Gasteiger partial charge in [0.2, 0.25) is 0 Å². The molecule has 0 radical (unpaired) electrons. The Morgan fingerprint density at radius 1 is 1.17 bits per heavy atom. The summed E-state index contributed by atoms with van der Waals surface area (Å²) in [7, 11) is 0. The average molecular weight is 326 g/mol. The topological polar surface area (TPSA) is 42.0 Å². The first-order valence-corrected chi connectivity index (χ1v) is 8.31. The van der Waals surface area contributed by atoms with Crippen molar-refractivity contribution < 1.29 is 9.18 Å². The average Bonchev–Trinajstić information content (AvgIpc) is 2.54. The van der Waals surface area contributed by atoms with Crippen LogP contribution in [0.1, 0.15) is 16.1 Å². The van der Waals surface area contributed by atoms with Crippen molar-refractivity contribution >= 4 is 34.3 Å². The van der Waals surface area contributed by atoms with E-state index in [9.17, 15) is 9.18 Å². The smallest absolute Gasteiger partial charge is 0.257 e. The summed E-state index contributed by atoms with van der Waals surface area (Å²) in [4.78, 5) is 17.9. The Bertz CT molecular complexity index is 895. The van der Waals surface area contributed by atoms with Crippen LogP contribution in [-0.2, 0) is 0 Å². The van der Waals surface area contributed by atoms with Crippen LogP contribution in [0.3, 0.4) is 0 Å². The quantitative estimate of drug-likeness (QED) is 0.712. The highest BCUT2D eigenvalue weighted by molar-refractivity contribution is 7.98. The van der Waals surface area contributed by atoms with Gasteiger partial charge in [-0.3, -0.25) is 9.78 Å². The number of pyridine rings is 1. The van der Waals surface area contributed by atoms with E-state index in [0.717, 1.165) is 16.0 Å². The number of aromatic nitrogens is 1. The molecule has 0 unspecified atom stereocenters. The minimum Gasteiger partial charge on any atom is -0.322 e. The molecule has 0 spiro atoms. The molecule has 0 saturated heterocycles. The first kappa shape index (κ1) is 15.5. The number of halogens is 1. The van der Waals surface area contributed by atoms with Crippen molar-refractivity contribution in [1.82, 2.24) is 4.98 Å². The molecule has 0 fully saturated rings. The van der Waals surface area contributed by atoms with Gasteiger partial charge < -0.3 is 5.32 Å². The molecule has 0 atom stereocenters. The number of aryl methyl sites for hydroxylation is 1. The molecule has 0 bridgehead atoms. The van der Waals surface area contributed by atoms with E-state index in [2.05, 4.69) is 10.3 Å². The zero-order valence-electron chi connectivity index (χ0n) is 12.8. The molecule has 3 rings (SSSR count). The third-order valence-corrected chi connectivity index (χ3v) is 4.27. The summed E-state index contributed by atoms with van der Waals surface area (Å²) in [5, 5.41) is 3.62. The number of thioether (sulfide) groups is 1. The van der Waals surface area contributed by atoms with Gasteiger partial charge in [-0.05, 0) is 49.6 Å². The Balaban J connectivity index is 1.93. The molecule has 3 aromatic rings. The SMILES string of the molecule is CSc1cccc(NC(=O)c2cc3ccc(F)cc3nc2C)c1. The predicted octanol–water partition coefficient (Wildman–Crippen LogP) is 4.66. The van der Waals surface area contributed by atoms with Crippen LogP contribution < -0.4 is 5.32 Å². The highest BCUT2D eigenvalue weighted by Crippen LogP contribution is 2.21. The van der Waals surface area contributed by atoms with E-state index >= 15 is 0 Å². The molecule has 0 aliphatic carbocycles. The number of nitrogens with zero attached hydrogens (tertiary/aromatic N) is 1. The number of fused-ring (bicyclic) bond motifs is 1. The molecule has 0 saturated carbocycles. The molecule has 3 nitrogen and oxygen atoms in total. The molecule has 1 N–H and O–H groups in total. The van der Waals surface area contributed by atoms with E-state index in [4.69, 9.17) is 0 Å². The Hall–Kier alpha value is -2.40. The van der Waals surface area contributed by atoms with E-state index < -0.39 is 0 Å². The fourth-order valence-corrected chi connectivity index (χ4v) is 2.83. The highest BCUT2D eigenvalue weighted by Gasteiger charge is 2.12. The Morgan fingerprint density at radius 3 is 2.78 bits per heavy atom. The molecule has 1 heterocycles. The number of carbonyl (C=O) groups is 1. The Labute approximate surface area is 137 Å². The number of hydrogen-bond acceptors (Lipinski definition) is 3. The first-order valence-electron chi connectivity index (χ1n) is 7.09. The summed E-state index contributed by atoms with van der Waals surface area (Å²) in [6.45, 7) is 1.75. The number of carbonyl (C=O) groups excluding carboxylic acids is 1. The zero-order valence-corrected chi connectivity index (χ0v) is 13.6. The van der Waals surface area contributed by atoms with Crippen LogP contribution in [0.25, 0.3) is 10.9 Å². The van der Waals surface area contributed by atoms with Crippen molar-refractivity contribution in [2.75, 3.05) is 11.6 Å². The van der Waals surface area contributed by atoms with Crippen LogP contribution in [0, 0.1) is 12.7 Å². The Kier molecular flexibility index (Phi) is 4.30. The molecule has 0 aliphatic rings. The fourth-order valence-electron chi connectivity index (χ4n) is 2.37. The van der Waals surface area contributed by atoms with Crippen LogP contribution in [0.15, 0.2) is 53.4 Å². The van der Waals surface area contributed by atoms with Crippen molar-refractivity contribution in [2.45, 2.75) is 11.8 Å². The molecular formula is C18H15FN2OS. The van der Waals surface area contributed by atoms with Gasteiger partial charge in [-0.25, -0.2) is 4.39 Å². The Morgan fingerprint density at radius 2 is 2.00 bits per heavy atom. The van der Waals surface area contributed by atoms with Crippen molar-refractivity contribution in [2.24, 2.45) is 0 Å². The molecule has 0 aliphatic heterocycles. The predicted molar refractivity (Wildman–Crippen MR) is 92.6 cm³/mol. The maximum absolute atomic E-state index is 13.3. The van der Waals surface area contributed by atoms with Crippen LogP contribution >= 0.6 is 11.8 Å². The molecule has 2 aromatic carbocycles. The molecule has 1 aromatic heterocycles. The van der Waals surface area contributed by atoms with Crippen LogP contribution in [0.4, 0.5) is 10.1 Å². The third kappa shape index (κ3) is 3.35. The van der Waals surface area contributed by atoms with Crippen molar-refractivity contribution in [3.05, 3.63) is 65.6 Å². The molecule has 1 amide bonds. The zero-order chi connectivity index (χ0) is 16.4. The van der Waals surface area contributed by atoms with E-state index in [1.165, 1.54) is 12.1 Å². The van der Waals surface area contributed by atoms with Gasteiger partial charge in [-0.1, -0.05) is 6.07 Å². The third-order valence-electron chi connectivity index (χ3n) is 3.54. The summed E-state index contributed by atoms with van der Waals surface area (Å²) in [6.07, 6.45) is 1.98. The lowest BCUT2D eigenvalue weighted by molar-refractivity contribution is 0.102. The summed E-state index contributed by atoms with van der Waals surface area (Å²) in [5.74, 6) is -0.560. The van der Waals surface area contributed by atoms with Gasteiger partial charge in [0, 0.05) is 22.0 Å². The van der Waals surface area contributed by atoms with Gasteiger partial charge in [0.1, 0.15) is 5.82 Å². The minimum atomic E-state index is -0.338. The number of benzene rings is 2. The van der Waals surface area contributed by atoms with Gasteiger partial charge in [0.05, 0.1) is 16.8 Å². The van der Waals surface area contributed by atoms with Crippen molar-refractivity contribution in [3.63, 3.8) is 0 Å². The van der Waals surface area contributed by atoms with Crippen LogP contribution in [0.5, 0.6) is 0 Å². The largest absolute Gasteiger partial charge is 0.322 e. The molecule has 116 valence electrons. The van der Waals surface area contributed by atoms with Gasteiger partial charge in [0.25, 0.3) is 5.91 Å². The highest BCUT2D eigenvalue weighted by atomic mass is 32.2. The molecular weight excluding hydrogens is 311 g/mol. The van der Waals surface area contributed by atoms with Gasteiger partial charge in [0.15, 0.2) is 0 Å². The summed E-state index contributed by atoms with van der Waals surface area (Å²) < 4.78 is 13.3. The number of rotatable bonds is 3. The van der Waals surface area contributed by atoms with E-state index in [1.54, 1.807) is 30.8 Å². The lowest BCUT2D eigenvalue weighted by Gasteiger charge is -2.09. The summed E-state index contributed by atoms with van der Waals surface area (Å²) >= 11 is 1.61. The van der Waals surface area contributed by atoms with Gasteiger partial charge >= 0.3 is 0 Å². The number of anilines is 1. The second-order valence-electron chi connectivity index (χ2n) is 5.14. The molecule has 23 heavy (non-hydrogen) atoms. The van der Waals surface area contributed by atoms with Gasteiger partial charge in [-0.2, -0.15) is 0 Å². The summed E-state index contributed by atoms with van der Waals surface area (Å²) in [5.41, 5.74) is 2.34. The monoisotopic (exact) mass is 326 g/mol. The van der Waals surface area contributed by atoms with Crippen molar-refractivity contribution in [1.29, 1.82) is 0 Å². The fraction of sp³-hybridized carbons (Fsp3) is 0.111. The second kappa shape index (κ2) is 6.38. The van der Waals surface area contributed by atoms with Crippen LogP contribution in [-0.4, -0.2) is 17.1 Å². The van der Waals surface area contributed by atoms with E-state index in [0.29, 0.717) is 16.8 Å². The first-order chi connectivity index (χ1) is 11.1. The lowest BCUT2D eigenvalue weighted by Crippen LogP contribution is -2.14. The lowest BCUT2D eigenvalue weighted by atomic mass is 10.1. The summed E-state index contributed by atoms with van der Waals surface area (Å²) in [6, 6.07) is 13.7. The maximum Gasteiger partial charge on any atom is 0.257 e. The number of nitrogens with one attached hydrogen (secondary N) is 1. The normalized spacial score (nSPS) is 10.7. The van der Waals surface area contributed by atoms with Gasteiger partial charge in [-0.15, -0.1) is 11.8 Å². The number of amides is 1. The standard InChI is InChI=1S/C18H15FN2OS/c1-11-16(8-12-6-7-13(19)9-17(12)20-11)18(22)21-14-4-3-5-15(10-14)23-2/h3-10H,1-2H3,(H,21,22). The second-order valence-corrected chi connectivity index (χ2v) is 6.02. The molecule has 5 heteroatoms. The minimum absolute atomic E-state index is 0.223. The maximum atomic E-state index is 13.3. The number of hydrogen-bond donors (Lipinski definition) is 1. The van der Waals surface area contributed by atoms with E-state index in [1.807, 2.05) is 30.5 Å². The van der Waals surface area contributed by atoms with E-state index in [-0.39, 0.29) is 11.7 Å².